The highest BCUT2D eigenvalue weighted by Gasteiger charge is 2.31. The van der Waals surface area contributed by atoms with E-state index in [1.54, 1.807) is 11.3 Å². The van der Waals surface area contributed by atoms with Gasteiger partial charge in [-0.05, 0) is 48.6 Å². The molecule has 1 fully saturated rings. The molecule has 1 aliphatic heterocycles. The van der Waals surface area contributed by atoms with E-state index in [4.69, 9.17) is 4.74 Å². The van der Waals surface area contributed by atoms with Crippen molar-refractivity contribution in [2.75, 3.05) is 13.2 Å². The first-order chi connectivity index (χ1) is 8.63. The summed E-state index contributed by atoms with van der Waals surface area (Å²) in [5.74, 6) is 0. The van der Waals surface area contributed by atoms with Gasteiger partial charge >= 0.3 is 0 Å². The first-order valence-corrected chi connectivity index (χ1v) is 7.65. The van der Waals surface area contributed by atoms with E-state index in [2.05, 4.69) is 19.2 Å². The fourth-order valence-electron chi connectivity index (χ4n) is 2.41. The van der Waals surface area contributed by atoms with Crippen LogP contribution in [-0.4, -0.2) is 29.9 Å². The summed E-state index contributed by atoms with van der Waals surface area (Å²) < 4.78 is 5.82. The third-order valence-corrected chi connectivity index (χ3v) is 4.57. The van der Waals surface area contributed by atoms with Crippen LogP contribution in [0.4, 0.5) is 0 Å². The van der Waals surface area contributed by atoms with Crippen LogP contribution in [0.25, 0.3) is 0 Å². The molecule has 0 aromatic carbocycles. The van der Waals surface area contributed by atoms with Crippen LogP contribution < -0.4 is 5.32 Å². The fourth-order valence-corrected chi connectivity index (χ4v) is 3.12. The van der Waals surface area contributed by atoms with Crippen LogP contribution in [0.3, 0.4) is 0 Å². The lowest BCUT2D eigenvalue weighted by molar-refractivity contribution is -0.0787. The van der Waals surface area contributed by atoms with E-state index >= 15 is 0 Å². The first kappa shape index (κ1) is 14.0. The van der Waals surface area contributed by atoms with Crippen LogP contribution in [0.1, 0.15) is 44.8 Å². The van der Waals surface area contributed by atoms with Gasteiger partial charge in [0.05, 0.1) is 11.7 Å². The Bertz CT molecular complexity index is 355. The predicted octanol–water partition coefficient (Wildman–Crippen LogP) is 2.72. The third kappa shape index (κ3) is 3.54. The van der Waals surface area contributed by atoms with Gasteiger partial charge in [-0.15, -0.1) is 0 Å². The van der Waals surface area contributed by atoms with Gasteiger partial charge in [0.25, 0.3) is 0 Å². The summed E-state index contributed by atoms with van der Waals surface area (Å²) in [6.07, 6.45) is 2.70. The monoisotopic (exact) mass is 269 g/mol. The van der Waals surface area contributed by atoms with Gasteiger partial charge < -0.3 is 15.2 Å². The minimum Gasteiger partial charge on any atom is -0.387 e. The average molecular weight is 269 g/mol. The van der Waals surface area contributed by atoms with Crippen LogP contribution in [0.2, 0.25) is 0 Å². The highest BCUT2D eigenvalue weighted by Crippen LogP contribution is 2.28. The Kier molecular flexibility index (Phi) is 4.78. The van der Waals surface area contributed by atoms with Crippen molar-refractivity contribution in [3.05, 3.63) is 22.4 Å². The van der Waals surface area contributed by atoms with Gasteiger partial charge in [-0.1, -0.05) is 6.92 Å². The van der Waals surface area contributed by atoms with Gasteiger partial charge in [-0.3, -0.25) is 0 Å². The molecule has 3 unspecified atom stereocenters. The molecule has 1 aromatic heterocycles. The topological polar surface area (TPSA) is 41.5 Å². The second-order valence-electron chi connectivity index (χ2n) is 5.32. The van der Waals surface area contributed by atoms with Crippen molar-refractivity contribution in [2.45, 2.75) is 50.9 Å². The van der Waals surface area contributed by atoms with Crippen molar-refractivity contribution < 1.29 is 9.84 Å². The standard InChI is InChI=1S/C14H23NO2S/c1-3-14(2)8-12(4-6-17-14)15-9-13(16)11-5-7-18-10-11/h5,7,10,12-13,15-16H,3-4,6,8-9H2,1-2H3. The molecule has 0 bridgehead atoms. The van der Waals surface area contributed by atoms with Gasteiger partial charge in [-0.25, -0.2) is 0 Å². The predicted molar refractivity (Wildman–Crippen MR) is 75.0 cm³/mol. The number of aliphatic hydroxyl groups is 1. The number of nitrogens with one attached hydrogen (secondary N) is 1. The Morgan fingerprint density at radius 1 is 1.67 bits per heavy atom. The number of thiophene rings is 1. The van der Waals surface area contributed by atoms with Crippen molar-refractivity contribution in [3.63, 3.8) is 0 Å². The molecule has 1 aromatic rings. The molecular formula is C14H23NO2S. The van der Waals surface area contributed by atoms with Gasteiger partial charge in [0.1, 0.15) is 0 Å². The average Bonchev–Trinajstić information content (AvgIpc) is 2.90. The molecule has 0 radical (unpaired) electrons. The molecule has 0 amide bonds. The highest BCUT2D eigenvalue weighted by atomic mass is 32.1. The summed E-state index contributed by atoms with van der Waals surface area (Å²) in [6.45, 7) is 5.79. The molecule has 0 saturated carbocycles. The van der Waals surface area contributed by atoms with Gasteiger partial charge in [-0.2, -0.15) is 11.3 Å². The molecule has 4 heteroatoms. The molecule has 3 nitrogen and oxygen atoms in total. The number of hydrogen-bond donors (Lipinski definition) is 2. The molecule has 2 N–H and O–H groups in total. The quantitative estimate of drug-likeness (QED) is 0.863. The number of rotatable bonds is 5. The zero-order valence-electron chi connectivity index (χ0n) is 11.2. The summed E-state index contributed by atoms with van der Waals surface area (Å²) in [7, 11) is 0. The summed E-state index contributed by atoms with van der Waals surface area (Å²) in [5.41, 5.74) is 1.02. The van der Waals surface area contributed by atoms with E-state index in [0.29, 0.717) is 12.6 Å². The minimum atomic E-state index is -0.396. The second kappa shape index (κ2) is 6.15. The second-order valence-corrected chi connectivity index (χ2v) is 6.10. The number of aliphatic hydroxyl groups excluding tert-OH is 1. The van der Waals surface area contributed by atoms with E-state index in [0.717, 1.165) is 31.4 Å². The maximum Gasteiger partial charge on any atom is 0.0922 e. The van der Waals surface area contributed by atoms with Crippen molar-refractivity contribution in [1.82, 2.24) is 5.32 Å². The van der Waals surface area contributed by atoms with Crippen LogP contribution in [0, 0.1) is 0 Å². The molecule has 1 saturated heterocycles. The highest BCUT2D eigenvalue weighted by molar-refractivity contribution is 7.07. The van der Waals surface area contributed by atoms with E-state index in [1.807, 2.05) is 16.8 Å². The lowest BCUT2D eigenvalue weighted by atomic mass is 9.90. The molecule has 1 aliphatic rings. The Morgan fingerprint density at radius 2 is 2.50 bits per heavy atom. The summed E-state index contributed by atoms with van der Waals surface area (Å²) in [6, 6.07) is 2.44. The Balaban J connectivity index is 1.80. The van der Waals surface area contributed by atoms with E-state index in [-0.39, 0.29) is 5.60 Å². The first-order valence-electron chi connectivity index (χ1n) is 6.70. The van der Waals surface area contributed by atoms with Crippen LogP contribution in [0.15, 0.2) is 16.8 Å². The lowest BCUT2D eigenvalue weighted by Crippen LogP contribution is -2.46. The van der Waals surface area contributed by atoms with E-state index in [9.17, 15) is 5.11 Å². The van der Waals surface area contributed by atoms with E-state index in [1.165, 1.54) is 0 Å². The number of ether oxygens (including phenoxy) is 1. The zero-order chi connectivity index (χ0) is 13.0. The van der Waals surface area contributed by atoms with Gasteiger partial charge in [0.2, 0.25) is 0 Å². The number of hydrogen-bond acceptors (Lipinski definition) is 4. The molecule has 2 rings (SSSR count). The maximum absolute atomic E-state index is 10.0. The largest absolute Gasteiger partial charge is 0.387 e. The van der Waals surface area contributed by atoms with Crippen molar-refractivity contribution in [1.29, 1.82) is 0 Å². The van der Waals surface area contributed by atoms with Crippen LogP contribution in [0.5, 0.6) is 0 Å². The van der Waals surface area contributed by atoms with Crippen LogP contribution in [-0.2, 0) is 4.74 Å². The molecular weight excluding hydrogens is 246 g/mol. The molecule has 2 heterocycles. The van der Waals surface area contributed by atoms with Crippen molar-refractivity contribution >= 4 is 11.3 Å². The molecule has 3 atom stereocenters. The molecule has 102 valence electrons. The Hall–Kier alpha value is -0.420. The summed E-state index contributed by atoms with van der Waals surface area (Å²) >= 11 is 1.62. The minimum absolute atomic E-state index is 0.00322. The molecule has 0 spiro atoms. The Labute approximate surface area is 113 Å². The molecule has 18 heavy (non-hydrogen) atoms. The smallest absolute Gasteiger partial charge is 0.0922 e. The summed E-state index contributed by atoms with van der Waals surface area (Å²) in [5, 5.41) is 17.5. The third-order valence-electron chi connectivity index (χ3n) is 3.87. The Morgan fingerprint density at radius 3 is 3.17 bits per heavy atom. The normalized spacial score (nSPS) is 30.3. The summed E-state index contributed by atoms with van der Waals surface area (Å²) in [4.78, 5) is 0. The van der Waals surface area contributed by atoms with Crippen molar-refractivity contribution in [2.24, 2.45) is 0 Å². The van der Waals surface area contributed by atoms with E-state index < -0.39 is 6.10 Å². The lowest BCUT2D eigenvalue weighted by Gasteiger charge is -2.38. The SMILES string of the molecule is CCC1(C)CC(NCC(O)c2ccsc2)CCO1. The molecule has 0 aliphatic carbocycles. The van der Waals surface area contributed by atoms with Crippen LogP contribution >= 0.6 is 11.3 Å². The zero-order valence-corrected chi connectivity index (χ0v) is 12.0. The maximum atomic E-state index is 10.0. The van der Waals surface area contributed by atoms with Gasteiger partial charge in [0.15, 0.2) is 0 Å². The van der Waals surface area contributed by atoms with Gasteiger partial charge in [0, 0.05) is 19.2 Å². The van der Waals surface area contributed by atoms with Crippen molar-refractivity contribution in [3.8, 4) is 0 Å². The fraction of sp³-hybridized carbons (Fsp3) is 0.714.